The maximum absolute atomic E-state index is 13.7. The van der Waals surface area contributed by atoms with Gasteiger partial charge in [0.2, 0.25) is 17.7 Å². The van der Waals surface area contributed by atoms with E-state index in [9.17, 15) is 34.2 Å². The molecule has 0 heterocycles. The number of nitrogens with one attached hydrogen (secondary N) is 1. The Morgan fingerprint density at radius 1 is 0.947 bits per heavy atom. The monoisotopic (exact) mass is 535 g/mol. The highest BCUT2D eigenvalue weighted by atomic mass is 16.4. The molecule has 12 heteroatoms. The number of nitrogens with two attached hydrogens (primary N) is 3. The third-order valence-electron chi connectivity index (χ3n) is 6.13. The van der Waals surface area contributed by atoms with Crippen LogP contribution in [0.1, 0.15) is 79.7 Å². The fourth-order valence-electron chi connectivity index (χ4n) is 3.96. The third kappa shape index (κ3) is 8.61. The van der Waals surface area contributed by atoms with Gasteiger partial charge in [-0.3, -0.25) is 19.3 Å². The van der Waals surface area contributed by atoms with E-state index in [1.165, 1.54) is 13.0 Å². The van der Waals surface area contributed by atoms with Gasteiger partial charge in [0.25, 0.3) is 0 Å². The number of hydrogen-bond acceptors (Lipinski definition) is 8. The van der Waals surface area contributed by atoms with Gasteiger partial charge < -0.3 is 32.7 Å². The summed E-state index contributed by atoms with van der Waals surface area (Å²) in [5.74, 6) is -5.48. The Morgan fingerprint density at radius 2 is 1.55 bits per heavy atom. The number of imide groups is 1. The second kappa shape index (κ2) is 14.6. The van der Waals surface area contributed by atoms with Crippen LogP contribution < -0.4 is 22.5 Å². The van der Waals surface area contributed by atoms with Crippen molar-refractivity contribution in [3.8, 4) is 0 Å². The van der Waals surface area contributed by atoms with Crippen LogP contribution in [0.3, 0.4) is 0 Å². The Hall–Kier alpha value is -3.35. The summed E-state index contributed by atoms with van der Waals surface area (Å²) >= 11 is 0. The zero-order chi connectivity index (χ0) is 29.3. The molecule has 0 unspecified atom stereocenters. The normalized spacial score (nSPS) is 13.6. The minimum absolute atomic E-state index is 0.0303. The quantitative estimate of drug-likeness (QED) is 0.189. The molecule has 1 aromatic carbocycles. The summed E-state index contributed by atoms with van der Waals surface area (Å²) in [6, 6.07) is -1.38. The Balaban J connectivity index is 3.63. The third-order valence-corrected chi connectivity index (χ3v) is 6.13. The summed E-state index contributed by atoms with van der Waals surface area (Å²) in [4.78, 5) is 64.8. The second-order valence-electron chi connectivity index (χ2n) is 10.2. The van der Waals surface area contributed by atoms with Crippen LogP contribution in [0.5, 0.6) is 0 Å². The number of benzene rings is 1. The Bertz CT molecular complexity index is 1040. The second-order valence-corrected chi connectivity index (χ2v) is 10.2. The van der Waals surface area contributed by atoms with Crippen molar-refractivity contribution in [1.82, 2.24) is 4.90 Å². The number of anilines is 1. The number of carbonyl (C=O) groups excluding carboxylic acids is 3. The molecule has 0 saturated heterocycles. The average molecular weight is 536 g/mol. The summed E-state index contributed by atoms with van der Waals surface area (Å²) in [6.45, 7) is 8.89. The number of carboxylic acid groups (broad SMARTS) is 2. The van der Waals surface area contributed by atoms with Crippen LogP contribution in [0.15, 0.2) is 12.1 Å². The average Bonchev–Trinajstić information content (AvgIpc) is 2.82. The molecular weight excluding hydrogens is 494 g/mol. The number of carbonyl (C=O) groups is 5. The lowest BCUT2D eigenvalue weighted by Gasteiger charge is -2.34. The molecule has 9 N–H and O–H groups in total. The first-order chi connectivity index (χ1) is 17.6. The van der Waals surface area contributed by atoms with Gasteiger partial charge in [-0.15, -0.1) is 0 Å². The largest absolute Gasteiger partial charge is 0.478 e. The van der Waals surface area contributed by atoms with E-state index in [2.05, 4.69) is 5.32 Å². The van der Waals surface area contributed by atoms with E-state index in [0.29, 0.717) is 19.4 Å². The molecule has 1 aromatic rings. The Kier molecular flexibility index (Phi) is 12.5. The van der Waals surface area contributed by atoms with Crippen LogP contribution in [-0.4, -0.2) is 69.4 Å². The molecule has 1 rings (SSSR count). The number of aromatic carboxylic acids is 2. The van der Waals surface area contributed by atoms with Crippen LogP contribution in [0, 0.1) is 18.8 Å². The van der Waals surface area contributed by atoms with Crippen molar-refractivity contribution < 1.29 is 34.2 Å². The van der Waals surface area contributed by atoms with Gasteiger partial charge in [-0.2, -0.15) is 0 Å². The van der Waals surface area contributed by atoms with Gasteiger partial charge in [-0.25, -0.2) is 9.59 Å². The molecule has 3 atom stereocenters. The number of hydrogen-bond donors (Lipinski definition) is 6. The highest BCUT2D eigenvalue weighted by Gasteiger charge is 2.40. The molecule has 38 heavy (non-hydrogen) atoms. The lowest BCUT2D eigenvalue weighted by atomic mass is 9.97. The van der Waals surface area contributed by atoms with E-state index in [1.807, 2.05) is 13.8 Å². The number of rotatable bonds is 14. The van der Waals surface area contributed by atoms with E-state index < -0.39 is 53.3 Å². The van der Waals surface area contributed by atoms with Crippen molar-refractivity contribution >= 4 is 35.3 Å². The van der Waals surface area contributed by atoms with Gasteiger partial charge in [-0.05, 0) is 68.7 Å². The number of carboxylic acids is 2. The van der Waals surface area contributed by atoms with E-state index in [4.69, 9.17) is 17.2 Å². The maximum Gasteiger partial charge on any atom is 0.337 e. The SMILES string of the molecule is Cc1cc(C(=O)O)cc(C(=O)O)c1NC(=O)[C@H](CCCCN)N(C(=O)[C@@H](N)CC(C)C)C(=O)[C@H](N)C(C)C. The van der Waals surface area contributed by atoms with Crippen LogP contribution in [0.4, 0.5) is 5.69 Å². The smallest absolute Gasteiger partial charge is 0.337 e. The van der Waals surface area contributed by atoms with Gasteiger partial charge in [0, 0.05) is 0 Å². The summed E-state index contributed by atoms with van der Waals surface area (Å²) < 4.78 is 0. The predicted molar refractivity (Wildman–Crippen MR) is 143 cm³/mol. The van der Waals surface area contributed by atoms with Crippen molar-refractivity contribution in [1.29, 1.82) is 0 Å². The zero-order valence-corrected chi connectivity index (χ0v) is 22.7. The van der Waals surface area contributed by atoms with Gasteiger partial charge in [0.15, 0.2) is 0 Å². The molecule has 0 saturated carbocycles. The molecular formula is C26H41N5O7. The van der Waals surface area contributed by atoms with E-state index in [-0.39, 0.29) is 41.5 Å². The van der Waals surface area contributed by atoms with Crippen molar-refractivity contribution in [2.45, 2.75) is 78.4 Å². The minimum Gasteiger partial charge on any atom is -0.478 e. The van der Waals surface area contributed by atoms with E-state index in [1.54, 1.807) is 13.8 Å². The highest BCUT2D eigenvalue weighted by Crippen LogP contribution is 2.25. The lowest BCUT2D eigenvalue weighted by molar-refractivity contribution is -0.153. The number of aryl methyl sites for hydroxylation is 1. The minimum atomic E-state index is -1.46. The van der Waals surface area contributed by atoms with Gasteiger partial charge in [-0.1, -0.05) is 27.7 Å². The molecule has 3 amide bonds. The maximum atomic E-state index is 13.7. The molecule has 0 aliphatic rings. The summed E-state index contributed by atoms with van der Waals surface area (Å²) in [5, 5.41) is 21.5. The molecule has 0 fully saturated rings. The Morgan fingerprint density at radius 3 is 2.03 bits per heavy atom. The number of amides is 3. The van der Waals surface area contributed by atoms with Gasteiger partial charge >= 0.3 is 11.9 Å². The summed E-state index contributed by atoms with van der Waals surface area (Å²) in [6.07, 6.45) is 1.18. The zero-order valence-electron chi connectivity index (χ0n) is 22.7. The highest BCUT2D eigenvalue weighted by molar-refractivity contribution is 6.09. The van der Waals surface area contributed by atoms with Gasteiger partial charge in [0.1, 0.15) is 6.04 Å². The van der Waals surface area contributed by atoms with Crippen molar-refractivity contribution in [2.75, 3.05) is 11.9 Å². The summed E-state index contributed by atoms with van der Waals surface area (Å²) in [7, 11) is 0. The van der Waals surface area contributed by atoms with Crippen LogP contribution in [-0.2, 0) is 14.4 Å². The first-order valence-corrected chi connectivity index (χ1v) is 12.6. The molecule has 0 bridgehead atoms. The molecule has 12 nitrogen and oxygen atoms in total. The molecule has 0 radical (unpaired) electrons. The Labute approximate surface area is 222 Å². The molecule has 0 aromatic heterocycles. The van der Waals surface area contributed by atoms with Gasteiger partial charge in [0.05, 0.1) is 28.9 Å². The fourth-order valence-corrected chi connectivity index (χ4v) is 3.96. The molecule has 212 valence electrons. The standard InChI is InChI=1S/C26H41N5O7/c1-13(2)10-18(28)23(33)31(24(34)20(29)14(3)4)19(8-6-7-9-27)22(32)30-21-15(5)11-16(25(35)36)12-17(21)26(37)38/h11-14,18-20H,6-10,27-29H2,1-5H3,(H,30,32)(H,35,36)(H,37,38)/t18-,19-,20+/m0/s1. The van der Waals surface area contributed by atoms with Crippen molar-refractivity contribution in [3.05, 3.63) is 28.8 Å². The van der Waals surface area contributed by atoms with Crippen LogP contribution in [0.2, 0.25) is 0 Å². The molecule has 0 spiro atoms. The molecule has 0 aliphatic carbocycles. The van der Waals surface area contributed by atoms with Crippen molar-refractivity contribution in [3.63, 3.8) is 0 Å². The summed E-state index contributed by atoms with van der Waals surface area (Å²) in [5.41, 5.74) is 17.2. The van der Waals surface area contributed by atoms with Crippen LogP contribution in [0.25, 0.3) is 0 Å². The topological polar surface area (TPSA) is 219 Å². The van der Waals surface area contributed by atoms with Crippen LogP contribution >= 0.6 is 0 Å². The number of nitrogens with zero attached hydrogens (tertiary/aromatic N) is 1. The van der Waals surface area contributed by atoms with Crippen molar-refractivity contribution in [2.24, 2.45) is 29.0 Å². The van der Waals surface area contributed by atoms with E-state index >= 15 is 0 Å². The first-order valence-electron chi connectivity index (χ1n) is 12.6. The van der Waals surface area contributed by atoms with E-state index in [0.717, 1.165) is 11.0 Å². The lowest BCUT2D eigenvalue weighted by Crippen LogP contribution is -2.60. The fraction of sp³-hybridized carbons (Fsp3) is 0.577. The molecule has 0 aliphatic heterocycles. The first kappa shape index (κ1) is 32.7. The predicted octanol–water partition coefficient (Wildman–Crippen LogP) is 1.54. The number of unbranched alkanes of at least 4 members (excludes halogenated alkanes) is 1.